The lowest BCUT2D eigenvalue weighted by atomic mass is 9.87. The molecule has 4 aliphatic rings. The van der Waals surface area contributed by atoms with Crippen molar-refractivity contribution in [3.63, 3.8) is 0 Å². The van der Waals surface area contributed by atoms with E-state index in [1.807, 2.05) is 24.3 Å². The first-order valence-corrected chi connectivity index (χ1v) is 14.8. The molecule has 6 heterocycles. The molecule has 1 N–H and O–H groups in total. The van der Waals surface area contributed by atoms with E-state index >= 15 is 4.39 Å². The van der Waals surface area contributed by atoms with Crippen LogP contribution in [0.25, 0.3) is 32.9 Å². The van der Waals surface area contributed by atoms with Gasteiger partial charge in [-0.15, -0.1) is 0 Å². The van der Waals surface area contributed by atoms with Crippen molar-refractivity contribution in [3.8, 4) is 23.0 Å². The Hall–Kier alpha value is -3.56. The van der Waals surface area contributed by atoms with Crippen LogP contribution in [0.5, 0.6) is 11.8 Å². The summed E-state index contributed by atoms with van der Waals surface area (Å²) < 4.78 is 28.7. The monoisotopic (exact) mass is 555 g/mol. The van der Waals surface area contributed by atoms with Gasteiger partial charge in [0.25, 0.3) is 0 Å². The normalized spacial score (nSPS) is 23.8. The van der Waals surface area contributed by atoms with Gasteiger partial charge in [-0.25, -0.2) is 4.39 Å². The first-order valence-electron chi connectivity index (χ1n) is 14.8. The average molecular weight is 556 g/mol. The maximum atomic E-state index is 16.6. The number of phenolic OH excluding ortho intramolecular Hbond substituents is 1. The summed E-state index contributed by atoms with van der Waals surface area (Å²) in [7, 11) is 0. The number of hydrogen-bond donors (Lipinski definition) is 1. The summed E-state index contributed by atoms with van der Waals surface area (Å²) in [6.45, 7) is 5.86. The summed E-state index contributed by atoms with van der Waals surface area (Å²) in [4.78, 5) is 18.9. The summed E-state index contributed by atoms with van der Waals surface area (Å²) in [6.07, 6.45) is 8.27. The molecule has 9 heteroatoms. The van der Waals surface area contributed by atoms with Crippen molar-refractivity contribution in [1.82, 2.24) is 19.9 Å². The van der Waals surface area contributed by atoms with Gasteiger partial charge in [-0.05, 0) is 74.5 Å². The van der Waals surface area contributed by atoms with Crippen LogP contribution in [-0.2, 0) is 4.74 Å². The lowest BCUT2D eigenvalue weighted by molar-refractivity contribution is 0.108. The number of phenols is 1. The number of fused-ring (bicyclic) bond motifs is 3. The zero-order valence-corrected chi connectivity index (χ0v) is 23.1. The minimum absolute atomic E-state index is 0.0276. The maximum Gasteiger partial charge on any atom is 0.319 e. The van der Waals surface area contributed by atoms with E-state index in [-0.39, 0.29) is 33.9 Å². The van der Waals surface area contributed by atoms with Gasteiger partial charge in [-0.3, -0.25) is 9.88 Å². The second-order valence-corrected chi connectivity index (χ2v) is 12.4. The molecule has 0 radical (unpaired) electrons. The van der Waals surface area contributed by atoms with E-state index in [0.29, 0.717) is 23.4 Å². The van der Waals surface area contributed by atoms with Crippen LogP contribution in [0.2, 0.25) is 0 Å². The smallest absolute Gasteiger partial charge is 0.319 e. The Bertz CT molecular complexity index is 1650. The third kappa shape index (κ3) is 4.12. The highest BCUT2D eigenvalue weighted by molar-refractivity contribution is 5.99. The number of nitrogens with zero attached hydrogens (tertiary/aromatic N) is 5. The minimum atomic E-state index is -0.536. The van der Waals surface area contributed by atoms with Crippen molar-refractivity contribution in [3.05, 3.63) is 48.4 Å². The SMILES string of the molecule is Oc1cc(-c2ncc3c(N4CCC5(CCOC5)C4)nc(OCC45CCCN4CCC5)nc3c2F)c2ccccc2c1. The molecular weight excluding hydrogens is 521 g/mol. The number of halogens is 1. The van der Waals surface area contributed by atoms with Crippen LogP contribution in [0, 0.1) is 11.2 Å². The van der Waals surface area contributed by atoms with Crippen molar-refractivity contribution in [2.24, 2.45) is 5.41 Å². The average Bonchev–Trinajstić information content (AvgIpc) is 3.78. The van der Waals surface area contributed by atoms with Gasteiger partial charge in [0.15, 0.2) is 5.82 Å². The molecule has 41 heavy (non-hydrogen) atoms. The third-order valence-corrected chi connectivity index (χ3v) is 9.95. The third-order valence-electron chi connectivity index (χ3n) is 9.95. The van der Waals surface area contributed by atoms with Gasteiger partial charge >= 0.3 is 6.01 Å². The lowest BCUT2D eigenvalue weighted by Gasteiger charge is -2.31. The van der Waals surface area contributed by atoms with Gasteiger partial charge in [0, 0.05) is 36.9 Å². The second kappa shape index (κ2) is 9.49. The first kappa shape index (κ1) is 25.2. The summed E-state index contributed by atoms with van der Waals surface area (Å²) in [6, 6.07) is 11.1. The Balaban J connectivity index is 1.24. The van der Waals surface area contributed by atoms with Gasteiger partial charge in [0.1, 0.15) is 29.4 Å². The van der Waals surface area contributed by atoms with Gasteiger partial charge in [-0.1, -0.05) is 24.3 Å². The molecule has 1 spiro atoms. The van der Waals surface area contributed by atoms with Gasteiger partial charge < -0.3 is 19.5 Å². The van der Waals surface area contributed by atoms with E-state index in [0.717, 1.165) is 75.8 Å². The number of benzene rings is 2. The van der Waals surface area contributed by atoms with E-state index < -0.39 is 5.82 Å². The molecular formula is C32H34FN5O3. The highest BCUT2D eigenvalue weighted by atomic mass is 19.1. The van der Waals surface area contributed by atoms with Crippen molar-refractivity contribution < 1.29 is 19.0 Å². The molecule has 1 atom stereocenters. The second-order valence-electron chi connectivity index (χ2n) is 12.4. The molecule has 1 unspecified atom stereocenters. The number of aromatic hydroxyl groups is 1. The molecule has 212 valence electrons. The number of ether oxygens (including phenoxy) is 2. The Morgan fingerprint density at radius 2 is 1.85 bits per heavy atom. The van der Waals surface area contributed by atoms with E-state index in [1.54, 1.807) is 18.3 Å². The molecule has 0 saturated carbocycles. The number of aromatic nitrogens is 3. The largest absolute Gasteiger partial charge is 0.508 e. The molecule has 0 bridgehead atoms. The fraction of sp³-hybridized carbons (Fsp3) is 0.469. The van der Waals surface area contributed by atoms with Crippen molar-refractivity contribution in [2.75, 3.05) is 50.9 Å². The van der Waals surface area contributed by atoms with Crippen LogP contribution in [0.4, 0.5) is 10.2 Å². The van der Waals surface area contributed by atoms with Gasteiger partial charge in [-0.2, -0.15) is 9.97 Å². The Morgan fingerprint density at radius 1 is 1.00 bits per heavy atom. The fourth-order valence-corrected chi connectivity index (χ4v) is 7.75. The minimum Gasteiger partial charge on any atom is -0.508 e. The lowest BCUT2D eigenvalue weighted by Crippen LogP contribution is -2.43. The number of pyridine rings is 1. The number of hydrogen-bond acceptors (Lipinski definition) is 8. The van der Waals surface area contributed by atoms with Crippen LogP contribution < -0.4 is 9.64 Å². The summed E-state index contributed by atoms with van der Waals surface area (Å²) in [5.74, 6) is 0.191. The summed E-state index contributed by atoms with van der Waals surface area (Å²) in [5.41, 5.74) is 1.01. The van der Waals surface area contributed by atoms with E-state index in [2.05, 4.69) is 19.8 Å². The van der Waals surface area contributed by atoms with Crippen molar-refractivity contribution in [2.45, 2.75) is 44.1 Å². The molecule has 2 aromatic carbocycles. The van der Waals surface area contributed by atoms with Crippen molar-refractivity contribution >= 4 is 27.5 Å². The summed E-state index contributed by atoms with van der Waals surface area (Å²) in [5, 5.41) is 12.6. The van der Waals surface area contributed by atoms with Crippen LogP contribution in [0.3, 0.4) is 0 Å². The molecule has 0 aliphatic carbocycles. The van der Waals surface area contributed by atoms with Crippen LogP contribution >= 0.6 is 0 Å². The molecule has 4 fully saturated rings. The quantitative estimate of drug-likeness (QED) is 0.355. The predicted molar refractivity (Wildman–Crippen MR) is 155 cm³/mol. The number of anilines is 1. The van der Waals surface area contributed by atoms with Crippen molar-refractivity contribution in [1.29, 1.82) is 0 Å². The van der Waals surface area contributed by atoms with Gasteiger partial charge in [0.2, 0.25) is 0 Å². The zero-order chi connectivity index (χ0) is 27.6. The highest BCUT2D eigenvalue weighted by Gasteiger charge is 2.45. The molecule has 8 rings (SSSR count). The molecule has 4 aliphatic heterocycles. The van der Waals surface area contributed by atoms with Crippen LogP contribution in [-0.4, -0.2) is 76.5 Å². The summed E-state index contributed by atoms with van der Waals surface area (Å²) >= 11 is 0. The van der Waals surface area contributed by atoms with E-state index in [1.165, 1.54) is 12.8 Å². The Morgan fingerprint density at radius 3 is 2.68 bits per heavy atom. The molecule has 8 nitrogen and oxygen atoms in total. The van der Waals surface area contributed by atoms with Crippen LogP contribution in [0.15, 0.2) is 42.6 Å². The highest BCUT2D eigenvalue weighted by Crippen LogP contribution is 2.43. The topological polar surface area (TPSA) is 83.8 Å². The van der Waals surface area contributed by atoms with Gasteiger partial charge in [0.05, 0.1) is 17.5 Å². The Kier molecular flexibility index (Phi) is 5.83. The number of rotatable bonds is 5. The predicted octanol–water partition coefficient (Wildman–Crippen LogP) is 5.31. The zero-order valence-electron chi connectivity index (χ0n) is 23.1. The standard InChI is InChI=1S/C32H34FN5O3/c33-26-27(24-16-22(39)15-21-5-1-2-6-23(21)24)34-17-25-28(26)35-30(41-20-32-7-3-11-38(32)12-4-8-32)36-29(25)37-13-9-31(18-37)10-14-40-19-31/h1-2,5-6,15-17,39H,3-4,7-14,18-20H2. The fourth-order valence-electron chi connectivity index (χ4n) is 7.75. The Labute approximate surface area is 238 Å². The first-order chi connectivity index (χ1) is 20.0. The maximum absolute atomic E-state index is 16.6. The van der Waals surface area contributed by atoms with E-state index in [9.17, 15) is 5.11 Å². The molecule has 2 aromatic heterocycles. The van der Waals surface area contributed by atoms with E-state index in [4.69, 9.17) is 14.5 Å². The van der Waals surface area contributed by atoms with Crippen LogP contribution in [0.1, 0.15) is 38.5 Å². The molecule has 4 aromatic rings. The molecule has 0 amide bonds. The molecule has 4 saturated heterocycles.